The van der Waals surface area contributed by atoms with Gasteiger partial charge >= 0.3 is 0 Å². The van der Waals surface area contributed by atoms with Crippen LogP contribution < -0.4 is 0 Å². The highest BCUT2D eigenvalue weighted by Crippen LogP contribution is 2.48. The molecule has 2 unspecified atom stereocenters. The van der Waals surface area contributed by atoms with Crippen LogP contribution in [0, 0.1) is 12.8 Å². The van der Waals surface area contributed by atoms with Crippen LogP contribution in [0.2, 0.25) is 0 Å². The molecule has 0 spiro atoms. The number of benzene rings is 1. The van der Waals surface area contributed by atoms with Gasteiger partial charge in [-0.05, 0) is 68.6 Å². The molecule has 1 saturated carbocycles. The molecule has 1 aromatic carbocycles. The van der Waals surface area contributed by atoms with Crippen LogP contribution >= 0.6 is 0 Å². The van der Waals surface area contributed by atoms with Crippen LogP contribution in [0.5, 0.6) is 0 Å². The first-order valence-electron chi connectivity index (χ1n) is 8.23. The van der Waals surface area contributed by atoms with Gasteiger partial charge in [-0.25, -0.2) is 0 Å². The average molecular weight is 274 g/mol. The average Bonchev–Trinajstić information content (AvgIpc) is 3.10. The molecule has 1 aromatic rings. The van der Waals surface area contributed by atoms with Gasteiger partial charge in [0.15, 0.2) is 0 Å². The van der Waals surface area contributed by atoms with Crippen molar-refractivity contribution in [3.05, 3.63) is 34.9 Å². The number of hydrogen-bond donors (Lipinski definition) is 0. The summed E-state index contributed by atoms with van der Waals surface area (Å²) < 4.78 is 5.53. The zero-order chi connectivity index (χ0) is 14.6. The van der Waals surface area contributed by atoms with Gasteiger partial charge in [-0.1, -0.05) is 38.0 Å². The molecule has 0 radical (unpaired) electrons. The molecule has 0 bridgehead atoms. The normalized spacial score (nSPS) is 24.9. The lowest BCUT2D eigenvalue weighted by atomic mass is 9.95. The van der Waals surface area contributed by atoms with E-state index in [0.717, 1.165) is 12.3 Å². The largest absolute Gasteiger partial charge is 0.378 e. The van der Waals surface area contributed by atoms with E-state index in [0.29, 0.717) is 0 Å². The Balaban J connectivity index is 1.68. The first-order chi connectivity index (χ1) is 9.60. The van der Waals surface area contributed by atoms with E-state index in [9.17, 15) is 0 Å². The molecule has 112 valence electrons. The van der Waals surface area contributed by atoms with Gasteiger partial charge in [0.05, 0.1) is 5.60 Å². The van der Waals surface area contributed by atoms with E-state index in [1.54, 1.807) is 11.1 Å². The number of methoxy groups -OCH3 is 1. The number of rotatable bonds is 8. The van der Waals surface area contributed by atoms with Crippen molar-refractivity contribution in [1.82, 2.24) is 0 Å². The minimum atomic E-state index is 0.214. The van der Waals surface area contributed by atoms with E-state index in [2.05, 4.69) is 39.0 Å². The first-order valence-corrected chi connectivity index (χ1v) is 8.23. The van der Waals surface area contributed by atoms with Gasteiger partial charge in [0, 0.05) is 7.11 Å². The third kappa shape index (κ3) is 3.63. The van der Waals surface area contributed by atoms with Crippen molar-refractivity contribution >= 4 is 0 Å². The molecular formula is C19H30O. The van der Waals surface area contributed by atoms with Crippen molar-refractivity contribution in [1.29, 1.82) is 0 Å². The summed E-state index contributed by atoms with van der Waals surface area (Å²) in [6.45, 7) is 6.75. The minimum absolute atomic E-state index is 0.214. The van der Waals surface area contributed by atoms with Gasteiger partial charge in [0.2, 0.25) is 0 Å². The topological polar surface area (TPSA) is 9.23 Å². The second kappa shape index (κ2) is 6.76. The number of unbranched alkanes of at least 4 members (excludes halogenated alkanes) is 2. The van der Waals surface area contributed by atoms with Crippen LogP contribution in [0.3, 0.4) is 0 Å². The molecule has 1 aliphatic rings. The molecule has 0 amide bonds. The van der Waals surface area contributed by atoms with Gasteiger partial charge < -0.3 is 4.74 Å². The van der Waals surface area contributed by atoms with Gasteiger partial charge in [-0.3, -0.25) is 0 Å². The Bertz CT molecular complexity index is 437. The third-order valence-electron chi connectivity index (χ3n) is 5.18. The van der Waals surface area contributed by atoms with Crippen LogP contribution in [0.25, 0.3) is 0 Å². The Morgan fingerprint density at radius 2 is 2.05 bits per heavy atom. The maximum atomic E-state index is 5.53. The standard InChI is InChI=1S/C19H30O/c1-5-18-15(2)10-9-12-16(18)11-7-6-8-13-17-14-19(17,3)20-4/h9-10,12,17H,5-8,11,13-14H2,1-4H3. The van der Waals surface area contributed by atoms with Gasteiger partial charge in [0.25, 0.3) is 0 Å². The molecule has 0 N–H and O–H groups in total. The number of hydrogen-bond acceptors (Lipinski definition) is 1. The van der Waals surface area contributed by atoms with Crippen molar-refractivity contribution in [2.45, 2.75) is 71.3 Å². The van der Waals surface area contributed by atoms with Crippen LogP contribution in [-0.4, -0.2) is 12.7 Å². The van der Waals surface area contributed by atoms with Crippen molar-refractivity contribution < 1.29 is 4.74 Å². The van der Waals surface area contributed by atoms with E-state index in [1.165, 1.54) is 44.1 Å². The molecule has 2 atom stereocenters. The molecule has 0 aliphatic heterocycles. The van der Waals surface area contributed by atoms with E-state index in [1.807, 2.05) is 7.11 Å². The summed E-state index contributed by atoms with van der Waals surface area (Å²) in [6.07, 6.45) is 9.06. The predicted molar refractivity (Wildman–Crippen MR) is 86.3 cm³/mol. The minimum Gasteiger partial charge on any atom is -0.378 e. The molecule has 0 heterocycles. The Kier molecular flexibility index (Phi) is 5.26. The van der Waals surface area contributed by atoms with Gasteiger partial charge in [-0.2, -0.15) is 0 Å². The predicted octanol–water partition coefficient (Wildman–Crippen LogP) is 5.09. The van der Waals surface area contributed by atoms with Crippen LogP contribution in [-0.2, 0) is 17.6 Å². The zero-order valence-electron chi connectivity index (χ0n) is 13.7. The summed E-state index contributed by atoms with van der Waals surface area (Å²) in [5.74, 6) is 0.817. The van der Waals surface area contributed by atoms with Crippen molar-refractivity contribution in [3.63, 3.8) is 0 Å². The lowest BCUT2D eigenvalue weighted by Gasteiger charge is -2.11. The summed E-state index contributed by atoms with van der Waals surface area (Å²) in [5, 5.41) is 0. The monoisotopic (exact) mass is 274 g/mol. The van der Waals surface area contributed by atoms with Crippen molar-refractivity contribution in [3.8, 4) is 0 Å². The van der Waals surface area contributed by atoms with Crippen molar-refractivity contribution in [2.24, 2.45) is 5.92 Å². The van der Waals surface area contributed by atoms with Crippen LogP contribution in [0.1, 0.15) is 62.6 Å². The Labute approximate surface area is 124 Å². The Morgan fingerprint density at radius 3 is 2.70 bits per heavy atom. The molecule has 1 fully saturated rings. The fourth-order valence-electron chi connectivity index (χ4n) is 3.47. The molecule has 20 heavy (non-hydrogen) atoms. The molecule has 0 saturated heterocycles. The fraction of sp³-hybridized carbons (Fsp3) is 0.684. The lowest BCUT2D eigenvalue weighted by molar-refractivity contribution is 0.0800. The second-order valence-electron chi connectivity index (χ2n) is 6.58. The van der Waals surface area contributed by atoms with E-state index >= 15 is 0 Å². The van der Waals surface area contributed by atoms with E-state index in [4.69, 9.17) is 4.74 Å². The molecule has 2 rings (SSSR count). The summed E-state index contributed by atoms with van der Waals surface area (Å²) in [5.41, 5.74) is 4.81. The molecular weight excluding hydrogens is 244 g/mol. The molecule has 1 nitrogen and oxygen atoms in total. The third-order valence-corrected chi connectivity index (χ3v) is 5.18. The maximum absolute atomic E-state index is 5.53. The fourth-order valence-corrected chi connectivity index (χ4v) is 3.47. The van der Waals surface area contributed by atoms with E-state index < -0.39 is 0 Å². The highest BCUT2D eigenvalue weighted by atomic mass is 16.5. The molecule has 1 heteroatoms. The zero-order valence-corrected chi connectivity index (χ0v) is 13.7. The van der Waals surface area contributed by atoms with Gasteiger partial charge in [-0.15, -0.1) is 0 Å². The van der Waals surface area contributed by atoms with Crippen molar-refractivity contribution in [2.75, 3.05) is 7.11 Å². The Morgan fingerprint density at radius 1 is 1.25 bits per heavy atom. The van der Waals surface area contributed by atoms with Crippen LogP contribution in [0.4, 0.5) is 0 Å². The maximum Gasteiger partial charge on any atom is 0.0683 e. The van der Waals surface area contributed by atoms with E-state index in [-0.39, 0.29) is 5.60 Å². The second-order valence-corrected chi connectivity index (χ2v) is 6.58. The lowest BCUT2D eigenvalue weighted by Crippen LogP contribution is -2.08. The van der Waals surface area contributed by atoms with Crippen LogP contribution in [0.15, 0.2) is 18.2 Å². The Hall–Kier alpha value is -0.820. The first kappa shape index (κ1) is 15.6. The van der Waals surface area contributed by atoms with Gasteiger partial charge in [0.1, 0.15) is 0 Å². The molecule has 1 aliphatic carbocycles. The SMILES string of the molecule is CCc1c(C)cccc1CCCCCC1CC1(C)OC. The number of ether oxygens (including phenoxy) is 1. The summed E-state index contributed by atoms with van der Waals surface area (Å²) >= 11 is 0. The molecule has 0 aromatic heterocycles. The highest BCUT2D eigenvalue weighted by Gasteiger charge is 2.49. The highest BCUT2D eigenvalue weighted by molar-refractivity contribution is 5.34. The summed E-state index contributed by atoms with van der Waals surface area (Å²) in [4.78, 5) is 0. The smallest absolute Gasteiger partial charge is 0.0683 e. The summed E-state index contributed by atoms with van der Waals surface area (Å²) in [7, 11) is 1.85. The quantitative estimate of drug-likeness (QED) is 0.600. The summed E-state index contributed by atoms with van der Waals surface area (Å²) in [6, 6.07) is 6.76. The number of aryl methyl sites for hydroxylation is 2.